The summed E-state index contributed by atoms with van der Waals surface area (Å²) < 4.78 is 11.7. The summed E-state index contributed by atoms with van der Waals surface area (Å²) in [4.78, 5) is 17.2. The fraction of sp³-hybridized carbons (Fsp3) is 0.0714. The maximum absolute atomic E-state index is 12.3. The number of rotatable bonds is 6. The number of carbonyl (C=O) groups is 1. The number of oxime groups is 1. The number of carbonyl (C=O) groups excluding carboxylic acids is 1. The number of methoxy groups -OCH3 is 1. The van der Waals surface area contributed by atoms with E-state index in [1.807, 2.05) is 66.7 Å². The van der Waals surface area contributed by atoms with Gasteiger partial charge in [-0.1, -0.05) is 84.0 Å². The predicted octanol–water partition coefficient (Wildman–Crippen LogP) is 5.77. The quantitative estimate of drug-likeness (QED) is 0.285. The molecule has 0 saturated heterocycles. The summed E-state index contributed by atoms with van der Waals surface area (Å²) in [6.45, 7) is 0.412. The molecule has 0 unspecified atom stereocenters. The van der Waals surface area contributed by atoms with E-state index in [4.69, 9.17) is 14.3 Å². The molecular weight excluding hydrogens is 414 g/mol. The zero-order valence-electron chi connectivity index (χ0n) is 18.0. The van der Waals surface area contributed by atoms with Gasteiger partial charge in [-0.2, -0.15) is 0 Å². The van der Waals surface area contributed by atoms with E-state index in [1.165, 1.54) is 5.39 Å². The van der Waals surface area contributed by atoms with Crippen molar-refractivity contribution in [2.24, 2.45) is 5.16 Å². The molecular formula is C28H21NO4. The van der Waals surface area contributed by atoms with Gasteiger partial charge in [-0.25, -0.2) is 4.79 Å². The van der Waals surface area contributed by atoms with Gasteiger partial charge in [0.25, 0.3) is 0 Å². The molecule has 1 aliphatic heterocycles. The van der Waals surface area contributed by atoms with Crippen molar-refractivity contribution in [2.45, 2.75) is 6.61 Å². The SMILES string of the molecule is COc1cc(/C=C2\C(=O)ON=C2c2ccccc2)ccc1OCc1cccc2ccccc12. The first-order valence-corrected chi connectivity index (χ1v) is 10.6. The third-order valence-corrected chi connectivity index (χ3v) is 5.50. The Hall–Kier alpha value is -4.38. The Morgan fingerprint density at radius 1 is 0.879 bits per heavy atom. The van der Waals surface area contributed by atoms with Gasteiger partial charge in [0, 0.05) is 5.56 Å². The van der Waals surface area contributed by atoms with Crippen molar-refractivity contribution in [3.05, 3.63) is 113 Å². The Labute approximate surface area is 191 Å². The highest BCUT2D eigenvalue weighted by Crippen LogP contribution is 2.31. The molecule has 0 aliphatic carbocycles. The van der Waals surface area contributed by atoms with E-state index in [0.29, 0.717) is 29.4 Å². The first-order chi connectivity index (χ1) is 16.2. The molecule has 0 fully saturated rings. The molecule has 0 N–H and O–H groups in total. The van der Waals surface area contributed by atoms with E-state index in [-0.39, 0.29) is 0 Å². The van der Waals surface area contributed by atoms with Gasteiger partial charge in [-0.05, 0) is 40.1 Å². The molecule has 0 amide bonds. The number of hydrogen-bond donors (Lipinski definition) is 0. The van der Waals surface area contributed by atoms with Gasteiger partial charge in [0.2, 0.25) is 0 Å². The summed E-state index contributed by atoms with van der Waals surface area (Å²) >= 11 is 0. The van der Waals surface area contributed by atoms with Gasteiger partial charge in [0.1, 0.15) is 12.3 Å². The highest BCUT2D eigenvalue weighted by atomic mass is 16.7. The second kappa shape index (κ2) is 9.01. The van der Waals surface area contributed by atoms with Crippen molar-refractivity contribution in [1.82, 2.24) is 0 Å². The Morgan fingerprint density at radius 2 is 1.67 bits per heavy atom. The average Bonchev–Trinajstić information content (AvgIpc) is 3.23. The summed E-state index contributed by atoms with van der Waals surface area (Å²) in [5.41, 5.74) is 3.60. The van der Waals surface area contributed by atoms with Gasteiger partial charge in [0.05, 0.1) is 12.7 Å². The summed E-state index contributed by atoms with van der Waals surface area (Å²) in [5.74, 6) is 0.719. The van der Waals surface area contributed by atoms with Crippen LogP contribution < -0.4 is 9.47 Å². The number of benzene rings is 4. The normalized spacial score (nSPS) is 14.3. The highest BCUT2D eigenvalue weighted by Gasteiger charge is 2.26. The molecule has 162 valence electrons. The fourth-order valence-corrected chi connectivity index (χ4v) is 3.85. The monoisotopic (exact) mass is 435 g/mol. The van der Waals surface area contributed by atoms with E-state index in [0.717, 1.165) is 22.1 Å². The second-order valence-corrected chi connectivity index (χ2v) is 7.58. The lowest BCUT2D eigenvalue weighted by Crippen LogP contribution is -2.06. The molecule has 5 nitrogen and oxygen atoms in total. The molecule has 0 saturated carbocycles. The minimum Gasteiger partial charge on any atom is -0.493 e. The summed E-state index contributed by atoms with van der Waals surface area (Å²) in [7, 11) is 1.59. The average molecular weight is 435 g/mol. The minimum absolute atomic E-state index is 0.396. The number of hydrogen-bond acceptors (Lipinski definition) is 5. The Morgan fingerprint density at radius 3 is 2.52 bits per heavy atom. The first kappa shape index (κ1) is 20.5. The third kappa shape index (κ3) is 4.21. The van der Waals surface area contributed by atoms with Crippen LogP contribution in [0.25, 0.3) is 16.8 Å². The summed E-state index contributed by atoms with van der Waals surface area (Å²) in [5, 5.41) is 6.29. The van der Waals surface area contributed by atoms with Crippen LogP contribution in [-0.2, 0) is 16.2 Å². The number of ether oxygens (including phenoxy) is 2. The standard InChI is InChI=1S/C28H21NO4/c1-31-26-17-19(16-24-27(29-33-28(24)30)21-9-3-2-4-10-21)14-15-25(26)32-18-22-12-7-11-20-8-5-6-13-23(20)22/h2-17H,18H2,1H3/b24-16-. The van der Waals surface area contributed by atoms with Gasteiger partial charge < -0.3 is 14.3 Å². The molecule has 0 aromatic heterocycles. The Kier molecular flexibility index (Phi) is 5.60. The lowest BCUT2D eigenvalue weighted by atomic mass is 10.0. The van der Waals surface area contributed by atoms with Crippen molar-refractivity contribution in [2.75, 3.05) is 7.11 Å². The van der Waals surface area contributed by atoms with E-state index in [9.17, 15) is 4.79 Å². The van der Waals surface area contributed by atoms with Crippen LogP contribution in [0.1, 0.15) is 16.7 Å². The Balaban J connectivity index is 1.40. The number of nitrogens with zero attached hydrogens (tertiary/aromatic N) is 1. The topological polar surface area (TPSA) is 57.1 Å². The van der Waals surface area contributed by atoms with Crippen molar-refractivity contribution in [3.8, 4) is 11.5 Å². The van der Waals surface area contributed by atoms with Gasteiger partial charge in [-0.3, -0.25) is 0 Å². The molecule has 1 aliphatic rings. The molecule has 0 bridgehead atoms. The van der Waals surface area contributed by atoms with Crippen molar-refractivity contribution >= 4 is 28.5 Å². The lowest BCUT2D eigenvalue weighted by molar-refractivity contribution is -0.136. The van der Waals surface area contributed by atoms with Crippen molar-refractivity contribution < 1.29 is 19.1 Å². The molecule has 1 heterocycles. The van der Waals surface area contributed by atoms with Crippen molar-refractivity contribution in [1.29, 1.82) is 0 Å². The van der Waals surface area contributed by atoms with Crippen LogP contribution in [-0.4, -0.2) is 18.8 Å². The van der Waals surface area contributed by atoms with Gasteiger partial charge in [0.15, 0.2) is 11.5 Å². The van der Waals surface area contributed by atoms with Crippen LogP contribution in [0.5, 0.6) is 11.5 Å². The maximum atomic E-state index is 12.3. The van der Waals surface area contributed by atoms with Crippen LogP contribution in [0.3, 0.4) is 0 Å². The van der Waals surface area contributed by atoms with E-state index >= 15 is 0 Å². The predicted molar refractivity (Wildman–Crippen MR) is 128 cm³/mol. The minimum atomic E-state index is -0.482. The summed E-state index contributed by atoms with van der Waals surface area (Å²) in [6, 6.07) is 29.4. The smallest absolute Gasteiger partial charge is 0.368 e. The van der Waals surface area contributed by atoms with E-state index in [1.54, 1.807) is 13.2 Å². The Bertz CT molecular complexity index is 1380. The van der Waals surface area contributed by atoms with Crippen LogP contribution in [0.2, 0.25) is 0 Å². The third-order valence-electron chi connectivity index (χ3n) is 5.50. The molecule has 0 spiro atoms. The zero-order valence-corrected chi connectivity index (χ0v) is 18.0. The molecule has 4 aromatic rings. The van der Waals surface area contributed by atoms with Crippen LogP contribution >= 0.6 is 0 Å². The maximum Gasteiger partial charge on any atom is 0.368 e. The fourth-order valence-electron chi connectivity index (χ4n) is 3.85. The van der Waals surface area contributed by atoms with Gasteiger partial charge >= 0.3 is 5.97 Å². The molecule has 4 aromatic carbocycles. The molecule has 5 rings (SSSR count). The highest BCUT2D eigenvalue weighted by molar-refractivity contribution is 6.31. The first-order valence-electron chi connectivity index (χ1n) is 10.6. The molecule has 0 atom stereocenters. The van der Waals surface area contributed by atoms with Crippen LogP contribution in [0, 0.1) is 0 Å². The molecule has 33 heavy (non-hydrogen) atoms. The van der Waals surface area contributed by atoms with E-state index < -0.39 is 5.97 Å². The molecule has 0 radical (unpaired) electrons. The summed E-state index contributed by atoms with van der Waals surface area (Å²) in [6.07, 6.45) is 1.75. The zero-order chi connectivity index (χ0) is 22.6. The van der Waals surface area contributed by atoms with Crippen LogP contribution in [0.4, 0.5) is 0 Å². The largest absolute Gasteiger partial charge is 0.493 e. The second-order valence-electron chi connectivity index (χ2n) is 7.58. The lowest BCUT2D eigenvalue weighted by Gasteiger charge is -2.13. The number of fused-ring (bicyclic) bond motifs is 1. The van der Waals surface area contributed by atoms with Crippen LogP contribution in [0.15, 0.2) is 102 Å². The van der Waals surface area contributed by atoms with E-state index in [2.05, 4.69) is 29.4 Å². The van der Waals surface area contributed by atoms with Crippen molar-refractivity contribution in [3.63, 3.8) is 0 Å². The molecule has 5 heteroatoms. The van der Waals surface area contributed by atoms with Gasteiger partial charge in [-0.15, -0.1) is 0 Å².